The molecule has 0 saturated carbocycles. The number of fused-ring (bicyclic) bond motifs is 1. The monoisotopic (exact) mass is 242 g/mol. The molecule has 0 radical (unpaired) electrons. The molecule has 1 heterocycles. The van der Waals surface area contributed by atoms with E-state index in [0.717, 1.165) is 0 Å². The van der Waals surface area contributed by atoms with Crippen LogP contribution < -0.4 is 0 Å². The smallest absolute Gasteiger partial charge is 0.0261 e. The van der Waals surface area contributed by atoms with Gasteiger partial charge in [0.1, 0.15) is 0 Å². The second-order valence-corrected chi connectivity index (χ2v) is 5.26. The van der Waals surface area contributed by atoms with Gasteiger partial charge in [-0.15, -0.1) is 11.8 Å². The molecule has 3 rings (SSSR count). The van der Waals surface area contributed by atoms with Gasteiger partial charge in [0.25, 0.3) is 0 Å². The van der Waals surface area contributed by atoms with Crippen LogP contribution in [-0.2, 0) is 0 Å². The molecule has 0 atom stereocenters. The summed E-state index contributed by atoms with van der Waals surface area (Å²) in [5.74, 6) is 0. The summed E-state index contributed by atoms with van der Waals surface area (Å²) in [5.41, 5.74) is 1.33. The second kappa shape index (κ2) is 4.40. The lowest BCUT2D eigenvalue weighted by Gasteiger charge is -2.10. The van der Waals surface area contributed by atoms with Gasteiger partial charge in [0.15, 0.2) is 0 Å². The van der Waals surface area contributed by atoms with E-state index in [1.54, 1.807) is 23.5 Å². The first-order chi connectivity index (χ1) is 7.95. The van der Waals surface area contributed by atoms with Gasteiger partial charge < -0.3 is 0 Å². The Morgan fingerprint density at radius 1 is 0.812 bits per heavy atom. The van der Waals surface area contributed by atoms with E-state index in [4.69, 9.17) is 0 Å². The zero-order chi connectivity index (χ0) is 10.8. The molecule has 0 aromatic heterocycles. The van der Waals surface area contributed by atoms with Crippen molar-refractivity contribution in [2.45, 2.75) is 0 Å². The summed E-state index contributed by atoms with van der Waals surface area (Å²) in [7, 11) is 0. The minimum Gasteiger partial charge on any atom is -0.104 e. The van der Waals surface area contributed by atoms with E-state index in [-0.39, 0.29) is 0 Å². The van der Waals surface area contributed by atoms with Crippen LogP contribution in [0.15, 0.2) is 58.7 Å². The van der Waals surface area contributed by atoms with Crippen molar-refractivity contribution in [2.24, 2.45) is 0 Å². The molecule has 1 aliphatic rings. The van der Waals surface area contributed by atoms with Crippen molar-refractivity contribution in [3.63, 3.8) is 0 Å². The fourth-order valence-electron chi connectivity index (χ4n) is 1.83. The molecule has 0 fully saturated rings. The van der Waals surface area contributed by atoms with E-state index >= 15 is 0 Å². The van der Waals surface area contributed by atoms with E-state index in [1.807, 2.05) is 0 Å². The summed E-state index contributed by atoms with van der Waals surface area (Å²) >= 11 is 3.53. The maximum atomic E-state index is 2.21. The van der Waals surface area contributed by atoms with Crippen LogP contribution >= 0.6 is 23.5 Å². The molecule has 0 spiro atoms. The molecular weight excluding hydrogens is 232 g/mol. The standard InChI is InChI=1S/C14H10S2/c1-2-6-12-11(4-1)5-3-7-13(12)14-10-15-8-9-16-14/h1-10H. The van der Waals surface area contributed by atoms with Crippen LogP contribution in [0.4, 0.5) is 0 Å². The first-order valence-corrected chi connectivity index (χ1v) is 6.93. The number of benzene rings is 2. The summed E-state index contributed by atoms with van der Waals surface area (Å²) in [6, 6.07) is 15.0. The second-order valence-electron chi connectivity index (χ2n) is 3.53. The molecule has 0 amide bonds. The first kappa shape index (κ1) is 10.1. The van der Waals surface area contributed by atoms with Gasteiger partial charge in [-0.05, 0) is 32.6 Å². The third-order valence-electron chi connectivity index (χ3n) is 2.56. The minimum absolute atomic E-state index is 1.31. The molecule has 0 unspecified atom stereocenters. The zero-order valence-electron chi connectivity index (χ0n) is 8.59. The Kier molecular flexibility index (Phi) is 2.77. The van der Waals surface area contributed by atoms with Gasteiger partial charge in [-0.1, -0.05) is 54.2 Å². The lowest BCUT2D eigenvalue weighted by molar-refractivity contribution is 1.71. The topological polar surface area (TPSA) is 0 Å². The quantitative estimate of drug-likeness (QED) is 0.683. The summed E-state index contributed by atoms with van der Waals surface area (Å²) < 4.78 is 0. The Morgan fingerprint density at radius 2 is 1.69 bits per heavy atom. The molecule has 2 aromatic rings. The highest BCUT2D eigenvalue weighted by Crippen LogP contribution is 2.38. The van der Waals surface area contributed by atoms with Crippen LogP contribution in [0.25, 0.3) is 15.7 Å². The van der Waals surface area contributed by atoms with Gasteiger partial charge in [-0.2, -0.15) is 0 Å². The van der Waals surface area contributed by atoms with Crippen molar-refractivity contribution in [1.82, 2.24) is 0 Å². The SMILES string of the molecule is C1=CSC(c2cccc3ccccc23)=CS1. The number of hydrogen-bond donors (Lipinski definition) is 0. The lowest BCUT2D eigenvalue weighted by atomic mass is 10.0. The Hall–Kier alpha value is -1.12. The fourth-order valence-corrected chi connectivity index (χ4v) is 3.48. The van der Waals surface area contributed by atoms with E-state index in [0.29, 0.717) is 0 Å². The minimum atomic E-state index is 1.31. The average molecular weight is 242 g/mol. The van der Waals surface area contributed by atoms with Crippen LogP contribution in [0.2, 0.25) is 0 Å². The molecule has 1 aliphatic heterocycles. The highest BCUT2D eigenvalue weighted by atomic mass is 32.2. The summed E-state index contributed by atoms with van der Waals surface area (Å²) in [5, 5.41) is 9.11. The van der Waals surface area contributed by atoms with Crippen LogP contribution in [-0.4, -0.2) is 0 Å². The summed E-state index contributed by atoms with van der Waals surface area (Å²) in [6.07, 6.45) is 0. The Morgan fingerprint density at radius 3 is 2.56 bits per heavy atom. The van der Waals surface area contributed by atoms with Crippen molar-refractivity contribution in [1.29, 1.82) is 0 Å². The molecule has 0 saturated heterocycles. The van der Waals surface area contributed by atoms with Gasteiger partial charge in [-0.25, -0.2) is 0 Å². The number of rotatable bonds is 1. The molecule has 0 nitrogen and oxygen atoms in total. The molecule has 78 valence electrons. The van der Waals surface area contributed by atoms with E-state index in [1.165, 1.54) is 21.2 Å². The predicted molar refractivity (Wildman–Crippen MR) is 76.2 cm³/mol. The highest BCUT2D eigenvalue weighted by Gasteiger charge is 2.07. The maximum Gasteiger partial charge on any atom is 0.0261 e. The van der Waals surface area contributed by atoms with Crippen LogP contribution in [0.3, 0.4) is 0 Å². The van der Waals surface area contributed by atoms with Crippen molar-refractivity contribution in [3.05, 3.63) is 64.3 Å². The Bertz CT molecular complexity index is 577. The summed E-state index contributed by atoms with van der Waals surface area (Å²) in [4.78, 5) is 1.34. The fraction of sp³-hybridized carbons (Fsp3) is 0. The number of thioether (sulfide) groups is 2. The molecule has 16 heavy (non-hydrogen) atoms. The van der Waals surface area contributed by atoms with E-state index in [2.05, 4.69) is 58.7 Å². The Labute approximate surface area is 103 Å². The third kappa shape index (κ3) is 1.79. The molecular formula is C14H10S2. The van der Waals surface area contributed by atoms with Crippen molar-refractivity contribution in [3.8, 4) is 0 Å². The highest BCUT2D eigenvalue weighted by molar-refractivity contribution is 8.15. The van der Waals surface area contributed by atoms with Gasteiger partial charge in [0.2, 0.25) is 0 Å². The van der Waals surface area contributed by atoms with Gasteiger partial charge in [-0.3, -0.25) is 0 Å². The van der Waals surface area contributed by atoms with E-state index < -0.39 is 0 Å². The number of hydrogen-bond acceptors (Lipinski definition) is 2. The molecule has 0 bridgehead atoms. The van der Waals surface area contributed by atoms with Crippen LogP contribution in [0.1, 0.15) is 5.56 Å². The van der Waals surface area contributed by atoms with Gasteiger partial charge >= 0.3 is 0 Å². The normalized spacial score (nSPS) is 15.1. The van der Waals surface area contributed by atoms with Crippen molar-refractivity contribution < 1.29 is 0 Å². The molecule has 0 N–H and O–H groups in total. The Balaban J connectivity index is 2.20. The third-order valence-corrected chi connectivity index (χ3v) is 4.41. The van der Waals surface area contributed by atoms with Crippen molar-refractivity contribution >= 4 is 39.2 Å². The molecule has 2 aromatic carbocycles. The predicted octanol–water partition coefficient (Wildman–Crippen LogP) is 5.09. The molecule has 0 aliphatic carbocycles. The zero-order valence-corrected chi connectivity index (χ0v) is 10.2. The summed E-state index contributed by atoms with van der Waals surface area (Å²) in [6.45, 7) is 0. The van der Waals surface area contributed by atoms with Crippen molar-refractivity contribution in [2.75, 3.05) is 0 Å². The molecule has 2 heteroatoms. The van der Waals surface area contributed by atoms with E-state index in [9.17, 15) is 0 Å². The van der Waals surface area contributed by atoms with Gasteiger partial charge in [0.05, 0.1) is 0 Å². The van der Waals surface area contributed by atoms with Gasteiger partial charge in [0, 0.05) is 4.91 Å². The van der Waals surface area contributed by atoms with Crippen LogP contribution in [0, 0.1) is 0 Å². The average Bonchev–Trinajstić information content (AvgIpc) is 2.39. The lowest BCUT2D eigenvalue weighted by Crippen LogP contribution is -1.83. The largest absolute Gasteiger partial charge is 0.104 e. The van der Waals surface area contributed by atoms with Crippen LogP contribution in [0.5, 0.6) is 0 Å². The first-order valence-electron chi connectivity index (χ1n) is 5.10. The maximum absolute atomic E-state index is 2.21.